The third-order valence-corrected chi connectivity index (χ3v) is 0.992. The van der Waals surface area contributed by atoms with E-state index >= 15 is 0 Å². The van der Waals surface area contributed by atoms with Gasteiger partial charge in [-0.25, -0.2) is 10.4 Å². The number of halogens is 2. The zero-order chi connectivity index (χ0) is 6.85. The van der Waals surface area contributed by atoms with Crippen LogP contribution in [0.3, 0.4) is 0 Å². The molecule has 0 spiro atoms. The van der Waals surface area contributed by atoms with Crippen LogP contribution < -0.4 is 5.43 Å². The van der Waals surface area contributed by atoms with Crippen molar-refractivity contribution >= 4 is 58.1 Å². The van der Waals surface area contributed by atoms with Gasteiger partial charge in [-0.05, 0) is 11.6 Å². The summed E-state index contributed by atoms with van der Waals surface area (Å²) in [6.45, 7) is 0. The first kappa shape index (κ1) is 10.6. The maximum absolute atomic E-state index is 8.65. The summed E-state index contributed by atoms with van der Waals surface area (Å²) in [5.74, 6) is 0. The summed E-state index contributed by atoms with van der Waals surface area (Å²) in [6, 6.07) is 0. The Balaban J connectivity index is 0.000000810. The number of nitrogens with one attached hydrogen (secondary N) is 1. The summed E-state index contributed by atoms with van der Waals surface area (Å²) in [7, 11) is 0. The third kappa shape index (κ3) is 3.09. The zero-order valence-electron chi connectivity index (χ0n) is 5.17. The minimum absolute atomic E-state index is 0. The summed E-state index contributed by atoms with van der Waals surface area (Å²) >= 11 is 10.7. The van der Waals surface area contributed by atoms with Crippen LogP contribution in [0.1, 0.15) is 0 Å². The van der Waals surface area contributed by atoms with E-state index in [1.54, 1.807) is 0 Å². The van der Waals surface area contributed by atoms with Crippen LogP contribution in [0.15, 0.2) is 16.3 Å². The Morgan fingerprint density at radius 3 is 2.60 bits per heavy atom. The second kappa shape index (κ2) is 4.43. The van der Waals surface area contributed by atoms with Crippen molar-refractivity contribution < 1.29 is 5.21 Å². The first-order valence-corrected chi connectivity index (χ1v) is 2.80. The Bertz CT molecular complexity index is 183. The number of aliphatic imine (C=N–C) groups is 1. The van der Waals surface area contributed by atoms with Crippen LogP contribution in [-0.4, -0.2) is 45.2 Å². The van der Waals surface area contributed by atoms with Crippen LogP contribution in [0, 0.1) is 0 Å². The summed E-state index contributed by atoms with van der Waals surface area (Å²) in [4.78, 5) is 3.53. The maximum atomic E-state index is 8.65. The SMILES string of the molecule is ON1C=C(Cl)N=C(Cl)N1.[Na]. The Kier molecular flexibility index (Phi) is 4.68. The van der Waals surface area contributed by atoms with Crippen molar-refractivity contribution in [3.05, 3.63) is 11.4 Å². The molecule has 0 aromatic carbocycles. The van der Waals surface area contributed by atoms with E-state index in [0.717, 1.165) is 0 Å². The predicted octanol–water partition coefficient (Wildman–Crippen LogP) is 0.448. The summed E-state index contributed by atoms with van der Waals surface area (Å²) in [5, 5.41) is 9.43. The van der Waals surface area contributed by atoms with Gasteiger partial charge in [0.2, 0.25) is 5.29 Å². The van der Waals surface area contributed by atoms with E-state index in [0.29, 0.717) is 5.17 Å². The molecule has 0 atom stereocenters. The Hall–Kier alpha value is 0.550. The standard InChI is InChI=1S/C3H3Cl2N3O.Na/c4-2-1-8(9)7-3(5)6-2;/h1,9H,(H,6,7);. The van der Waals surface area contributed by atoms with E-state index in [1.807, 2.05) is 0 Å². The molecule has 2 N–H and O–H groups in total. The van der Waals surface area contributed by atoms with E-state index in [-0.39, 0.29) is 40.0 Å². The van der Waals surface area contributed by atoms with Crippen molar-refractivity contribution in [3.63, 3.8) is 0 Å². The monoisotopic (exact) mass is 190 g/mol. The molecule has 0 aromatic rings. The molecule has 0 amide bonds. The van der Waals surface area contributed by atoms with E-state index in [4.69, 9.17) is 28.4 Å². The van der Waals surface area contributed by atoms with Crippen molar-refractivity contribution in [2.75, 3.05) is 0 Å². The first-order valence-electron chi connectivity index (χ1n) is 2.05. The number of hydrazine groups is 1. The van der Waals surface area contributed by atoms with Gasteiger partial charge in [0.25, 0.3) is 0 Å². The van der Waals surface area contributed by atoms with Crippen LogP contribution in [0.5, 0.6) is 0 Å². The minimum atomic E-state index is 0. The Labute approximate surface area is 89.7 Å². The van der Waals surface area contributed by atoms with E-state index in [1.165, 1.54) is 6.20 Å². The van der Waals surface area contributed by atoms with Gasteiger partial charge in [0.1, 0.15) is 0 Å². The average molecular weight is 191 g/mol. The molecule has 51 valence electrons. The number of hydroxylamine groups is 1. The third-order valence-electron chi connectivity index (χ3n) is 0.641. The van der Waals surface area contributed by atoms with Gasteiger partial charge in [-0.2, -0.15) is 5.17 Å². The fourth-order valence-electron chi connectivity index (χ4n) is 0.375. The molecule has 0 fully saturated rings. The maximum Gasteiger partial charge on any atom is 0.218 e. The molecule has 0 bridgehead atoms. The number of nitrogens with zero attached hydrogens (tertiary/aromatic N) is 2. The normalized spacial score (nSPS) is 16.5. The molecule has 1 radical (unpaired) electrons. The smallest absolute Gasteiger partial charge is 0.218 e. The van der Waals surface area contributed by atoms with Crippen molar-refractivity contribution in [1.82, 2.24) is 10.6 Å². The van der Waals surface area contributed by atoms with Gasteiger partial charge in [-0.1, -0.05) is 11.6 Å². The van der Waals surface area contributed by atoms with Gasteiger partial charge in [-0.15, -0.1) is 0 Å². The van der Waals surface area contributed by atoms with Gasteiger partial charge in [0, 0.05) is 29.6 Å². The van der Waals surface area contributed by atoms with Crippen LogP contribution >= 0.6 is 23.2 Å². The largest absolute Gasteiger partial charge is 0.269 e. The first-order chi connectivity index (χ1) is 4.18. The van der Waals surface area contributed by atoms with E-state index in [2.05, 4.69) is 10.4 Å². The minimum Gasteiger partial charge on any atom is -0.269 e. The molecular weight excluding hydrogens is 188 g/mol. The molecular formula is C3H3Cl2N3NaO. The van der Waals surface area contributed by atoms with Gasteiger partial charge in [0.05, 0.1) is 6.20 Å². The van der Waals surface area contributed by atoms with Crippen LogP contribution in [0.4, 0.5) is 0 Å². The van der Waals surface area contributed by atoms with Gasteiger partial charge in [-0.3, -0.25) is 5.21 Å². The van der Waals surface area contributed by atoms with Gasteiger partial charge >= 0.3 is 0 Å². The topological polar surface area (TPSA) is 47.9 Å². The molecule has 0 unspecified atom stereocenters. The Morgan fingerprint density at radius 1 is 1.60 bits per heavy atom. The fourth-order valence-corrected chi connectivity index (χ4v) is 0.773. The molecule has 0 aromatic heterocycles. The quantitative estimate of drug-likeness (QED) is 0.431. The predicted molar refractivity (Wildman–Crippen MR) is 39.7 cm³/mol. The number of hydrogen-bond donors (Lipinski definition) is 2. The van der Waals surface area contributed by atoms with Gasteiger partial charge in [0.15, 0.2) is 5.16 Å². The molecule has 4 nitrogen and oxygen atoms in total. The molecule has 10 heavy (non-hydrogen) atoms. The molecule has 0 saturated carbocycles. The fraction of sp³-hybridized carbons (Fsp3) is 0. The second-order valence-electron chi connectivity index (χ2n) is 1.31. The zero-order valence-corrected chi connectivity index (χ0v) is 8.69. The van der Waals surface area contributed by atoms with Crippen molar-refractivity contribution in [2.45, 2.75) is 0 Å². The summed E-state index contributed by atoms with van der Waals surface area (Å²) in [5.41, 5.74) is 2.25. The second-order valence-corrected chi connectivity index (χ2v) is 2.06. The van der Waals surface area contributed by atoms with Crippen LogP contribution in [0.25, 0.3) is 0 Å². The number of hydrogen-bond acceptors (Lipinski definition) is 4. The van der Waals surface area contributed by atoms with E-state index in [9.17, 15) is 0 Å². The molecule has 1 rings (SSSR count). The molecule has 1 aliphatic heterocycles. The van der Waals surface area contributed by atoms with Gasteiger partial charge < -0.3 is 0 Å². The summed E-state index contributed by atoms with van der Waals surface area (Å²) < 4.78 is 0. The molecule has 1 heterocycles. The average Bonchev–Trinajstić information content (AvgIpc) is 1.59. The van der Waals surface area contributed by atoms with Crippen molar-refractivity contribution in [1.29, 1.82) is 0 Å². The molecule has 0 saturated heterocycles. The summed E-state index contributed by atoms with van der Waals surface area (Å²) in [6.07, 6.45) is 1.17. The van der Waals surface area contributed by atoms with Crippen LogP contribution in [-0.2, 0) is 0 Å². The number of amidine groups is 1. The molecule has 7 heteroatoms. The molecule has 0 aliphatic carbocycles. The molecule has 1 aliphatic rings. The Morgan fingerprint density at radius 2 is 2.20 bits per heavy atom. The van der Waals surface area contributed by atoms with Crippen LogP contribution in [0.2, 0.25) is 0 Å². The number of rotatable bonds is 0. The van der Waals surface area contributed by atoms with Crippen molar-refractivity contribution in [3.8, 4) is 0 Å². The van der Waals surface area contributed by atoms with E-state index < -0.39 is 0 Å². The van der Waals surface area contributed by atoms with Crippen molar-refractivity contribution in [2.24, 2.45) is 4.99 Å².